The van der Waals surface area contributed by atoms with E-state index in [1.54, 1.807) is 0 Å². The summed E-state index contributed by atoms with van der Waals surface area (Å²) in [6.45, 7) is 1.32. The number of nitrogens with zero attached hydrogens (tertiary/aromatic N) is 1. The lowest BCUT2D eigenvalue weighted by atomic mass is 9.82. The number of carboxylic acid groups (broad SMARTS) is 1. The number of hydrogen-bond donors (Lipinski definition) is 2. The maximum atomic E-state index is 11.4. The summed E-state index contributed by atoms with van der Waals surface area (Å²) < 4.78 is 0. The van der Waals surface area contributed by atoms with E-state index in [1.807, 2.05) is 30.3 Å². The van der Waals surface area contributed by atoms with Crippen molar-refractivity contribution in [1.29, 1.82) is 0 Å². The molecule has 0 atom stereocenters. The third-order valence-electron chi connectivity index (χ3n) is 4.19. The maximum Gasteiger partial charge on any atom is 0.407 e. The second-order valence-electron chi connectivity index (χ2n) is 5.72. The van der Waals surface area contributed by atoms with Crippen molar-refractivity contribution in [3.05, 3.63) is 35.9 Å². The third-order valence-corrected chi connectivity index (χ3v) is 4.19. The van der Waals surface area contributed by atoms with Crippen LogP contribution in [-0.2, 0) is 6.54 Å². The predicted octanol–water partition coefficient (Wildman–Crippen LogP) is 2.97. The molecule has 0 bridgehead atoms. The first-order valence-corrected chi connectivity index (χ1v) is 7.31. The molecule has 1 aromatic rings. The SMILES string of the molecule is O=C(O)N(Cc1ccccc1)C[C@H]1CC[C@@H](CO)CC1. The molecular weight excluding hydrogens is 254 g/mol. The van der Waals surface area contributed by atoms with Gasteiger partial charge in [-0.2, -0.15) is 0 Å². The van der Waals surface area contributed by atoms with Crippen molar-refractivity contribution in [3.8, 4) is 0 Å². The van der Waals surface area contributed by atoms with E-state index in [-0.39, 0.29) is 6.61 Å². The highest BCUT2D eigenvalue weighted by molar-refractivity contribution is 5.65. The second-order valence-corrected chi connectivity index (χ2v) is 5.72. The first kappa shape index (κ1) is 14.9. The highest BCUT2D eigenvalue weighted by Crippen LogP contribution is 2.29. The van der Waals surface area contributed by atoms with Gasteiger partial charge in [0.05, 0.1) is 0 Å². The highest BCUT2D eigenvalue weighted by Gasteiger charge is 2.24. The Bertz CT molecular complexity index is 413. The minimum atomic E-state index is -0.849. The van der Waals surface area contributed by atoms with E-state index in [4.69, 9.17) is 5.11 Å². The van der Waals surface area contributed by atoms with Crippen LogP contribution in [0.15, 0.2) is 30.3 Å². The molecule has 1 amide bonds. The molecule has 0 heterocycles. The van der Waals surface area contributed by atoms with Crippen molar-refractivity contribution < 1.29 is 15.0 Å². The summed E-state index contributed by atoms with van der Waals surface area (Å²) in [6.07, 6.45) is 3.21. The molecule has 1 aromatic carbocycles. The van der Waals surface area contributed by atoms with Crippen LogP contribution in [0.25, 0.3) is 0 Å². The lowest BCUT2D eigenvalue weighted by Crippen LogP contribution is -2.35. The summed E-state index contributed by atoms with van der Waals surface area (Å²) in [4.78, 5) is 12.9. The molecule has 0 radical (unpaired) electrons. The summed E-state index contributed by atoms with van der Waals surface area (Å²) >= 11 is 0. The first-order valence-electron chi connectivity index (χ1n) is 7.31. The first-order chi connectivity index (χ1) is 9.69. The van der Waals surface area contributed by atoms with Crippen LogP contribution in [0.2, 0.25) is 0 Å². The van der Waals surface area contributed by atoms with E-state index in [0.29, 0.717) is 24.9 Å². The molecule has 1 fully saturated rings. The maximum absolute atomic E-state index is 11.4. The third kappa shape index (κ3) is 4.23. The van der Waals surface area contributed by atoms with Crippen molar-refractivity contribution in [1.82, 2.24) is 4.90 Å². The summed E-state index contributed by atoms with van der Waals surface area (Å²) in [5.41, 5.74) is 1.03. The number of benzene rings is 1. The van der Waals surface area contributed by atoms with E-state index in [0.717, 1.165) is 31.2 Å². The Morgan fingerprint density at radius 2 is 1.70 bits per heavy atom. The fourth-order valence-electron chi connectivity index (χ4n) is 2.92. The quantitative estimate of drug-likeness (QED) is 0.870. The Morgan fingerprint density at radius 1 is 1.10 bits per heavy atom. The van der Waals surface area contributed by atoms with Gasteiger partial charge in [-0.15, -0.1) is 0 Å². The van der Waals surface area contributed by atoms with Crippen LogP contribution >= 0.6 is 0 Å². The van der Waals surface area contributed by atoms with Gasteiger partial charge in [-0.1, -0.05) is 30.3 Å². The number of carbonyl (C=O) groups is 1. The minimum Gasteiger partial charge on any atom is -0.465 e. The fraction of sp³-hybridized carbons (Fsp3) is 0.562. The Balaban J connectivity index is 1.88. The van der Waals surface area contributed by atoms with Gasteiger partial charge in [0, 0.05) is 19.7 Å². The summed E-state index contributed by atoms with van der Waals surface area (Å²) in [5.74, 6) is 0.844. The number of hydrogen-bond acceptors (Lipinski definition) is 2. The monoisotopic (exact) mass is 277 g/mol. The number of aliphatic hydroxyl groups excluding tert-OH is 1. The fourth-order valence-corrected chi connectivity index (χ4v) is 2.92. The molecule has 4 nitrogen and oxygen atoms in total. The average molecular weight is 277 g/mol. The molecule has 1 saturated carbocycles. The van der Waals surface area contributed by atoms with Gasteiger partial charge in [0.1, 0.15) is 0 Å². The van der Waals surface area contributed by atoms with Crippen molar-refractivity contribution in [3.63, 3.8) is 0 Å². The van der Waals surface area contributed by atoms with Gasteiger partial charge in [-0.05, 0) is 43.1 Å². The molecule has 0 aromatic heterocycles. The molecule has 4 heteroatoms. The second kappa shape index (κ2) is 7.29. The highest BCUT2D eigenvalue weighted by atomic mass is 16.4. The zero-order valence-corrected chi connectivity index (χ0v) is 11.7. The molecule has 0 unspecified atom stereocenters. The van der Waals surface area contributed by atoms with Crippen molar-refractivity contribution in [2.75, 3.05) is 13.2 Å². The van der Waals surface area contributed by atoms with Crippen LogP contribution in [0.4, 0.5) is 4.79 Å². The number of amides is 1. The molecular formula is C16H23NO3. The van der Waals surface area contributed by atoms with E-state index >= 15 is 0 Å². The minimum absolute atomic E-state index is 0.263. The standard InChI is InChI=1S/C16H23NO3/c18-12-15-8-6-14(7-9-15)11-17(16(19)20)10-13-4-2-1-3-5-13/h1-5,14-15,18H,6-12H2,(H,19,20)/t14-,15+. The lowest BCUT2D eigenvalue weighted by Gasteiger charge is -2.31. The molecule has 0 saturated heterocycles. The van der Waals surface area contributed by atoms with Crippen molar-refractivity contribution in [2.45, 2.75) is 32.2 Å². The van der Waals surface area contributed by atoms with Crippen LogP contribution < -0.4 is 0 Å². The van der Waals surface area contributed by atoms with Gasteiger partial charge in [0.25, 0.3) is 0 Å². The molecule has 1 aliphatic carbocycles. The Morgan fingerprint density at radius 3 is 2.25 bits per heavy atom. The number of rotatable bonds is 5. The van der Waals surface area contributed by atoms with E-state index in [1.165, 1.54) is 4.90 Å². The Hall–Kier alpha value is -1.55. The van der Waals surface area contributed by atoms with Gasteiger partial charge >= 0.3 is 6.09 Å². The molecule has 110 valence electrons. The average Bonchev–Trinajstić information content (AvgIpc) is 2.48. The zero-order chi connectivity index (χ0) is 14.4. The smallest absolute Gasteiger partial charge is 0.407 e. The summed E-state index contributed by atoms with van der Waals surface area (Å²) in [7, 11) is 0. The van der Waals surface area contributed by atoms with Crippen LogP contribution in [0.1, 0.15) is 31.2 Å². The molecule has 1 aliphatic rings. The van der Waals surface area contributed by atoms with E-state index in [9.17, 15) is 9.90 Å². The Labute approximate surface area is 120 Å². The molecule has 2 N–H and O–H groups in total. The van der Waals surface area contributed by atoms with E-state index < -0.39 is 6.09 Å². The van der Waals surface area contributed by atoms with Gasteiger partial charge in [-0.25, -0.2) is 4.79 Å². The van der Waals surface area contributed by atoms with Gasteiger partial charge in [0.15, 0.2) is 0 Å². The van der Waals surface area contributed by atoms with Crippen LogP contribution in [-0.4, -0.2) is 34.4 Å². The molecule has 20 heavy (non-hydrogen) atoms. The van der Waals surface area contributed by atoms with Gasteiger partial charge in [-0.3, -0.25) is 0 Å². The van der Waals surface area contributed by atoms with Crippen molar-refractivity contribution >= 4 is 6.09 Å². The lowest BCUT2D eigenvalue weighted by molar-refractivity contribution is 0.114. The van der Waals surface area contributed by atoms with Gasteiger partial charge in [0.2, 0.25) is 0 Å². The molecule has 0 aliphatic heterocycles. The topological polar surface area (TPSA) is 60.8 Å². The molecule has 2 rings (SSSR count). The van der Waals surface area contributed by atoms with Crippen LogP contribution in [0, 0.1) is 11.8 Å². The predicted molar refractivity (Wildman–Crippen MR) is 77.4 cm³/mol. The Kier molecular flexibility index (Phi) is 5.41. The van der Waals surface area contributed by atoms with Crippen LogP contribution in [0.3, 0.4) is 0 Å². The largest absolute Gasteiger partial charge is 0.465 e. The molecule has 0 spiro atoms. The normalized spacial score (nSPS) is 22.4. The van der Waals surface area contributed by atoms with Crippen molar-refractivity contribution in [2.24, 2.45) is 11.8 Å². The van der Waals surface area contributed by atoms with E-state index in [2.05, 4.69) is 0 Å². The number of aliphatic hydroxyl groups is 1. The summed E-state index contributed by atoms with van der Waals surface area (Å²) in [6, 6.07) is 9.71. The summed E-state index contributed by atoms with van der Waals surface area (Å²) in [5, 5.41) is 18.5. The van der Waals surface area contributed by atoms with Crippen LogP contribution in [0.5, 0.6) is 0 Å². The zero-order valence-electron chi connectivity index (χ0n) is 11.7. The van der Waals surface area contributed by atoms with Gasteiger partial charge < -0.3 is 15.1 Å².